The van der Waals surface area contributed by atoms with E-state index in [4.69, 9.17) is 12.2 Å². The van der Waals surface area contributed by atoms with Crippen LogP contribution in [0.2, 0.25) is 0 Å². The fourth-order valence-electron chi connectivity index (χ4n) is 2.56. The summed E-state index contributed by atoms with van der Waals surface area (Å²) < 4.78 is 24.8. The smallest absolute Gasteiger partial charge is 0.266 e. The van der Waals surface area contributed by atoms with E-state index >= 15 is 0 Å². The van der Waals surface area contributed by atoms with E-state index in [1.807, 2.05) is 24.4 Å². The predicted octanol–water partition coefficient (Wildman–Crippen LogP) is 3.05. The van der Waals surface area contributed by atoms with E-state index in [9.17, 15) is 18.0 Å². The van der Waals surface area contributed by atoms with Gasteiger partial charge in [-0.05, 0) is 43.0 Å². The maximum atomic E-state index is 12.5. The molecule has 0 radical (unpaired) electrons. The van der Waals surface area contributed by atoms with Gasteiger partial charge in [-0.2, -0.15) is 0 Å². The fraction of sp³-hybridized carbons (Fsp3) is 0.211. The number of hydrogen-bond donors (Lipinski definition) is 2. The quantitative estimate of drug-likeness (QED) is 0.342. The van der Waals surface area contributed by atoms with Gasteiger partial charge < -0.3 is 0 Å². The Kier molecular flexibility index (Phi) is 7.42. The number of hydrazine groups is 1. The number of thiocarbonyl (C=S) groups is 1. The Labute approximate surface area is 188 Å². The molecule has 2 amide bonds. The maximum Gasteiger partial charge on any atom is 0.266 e. The second-order valence-corrected chi connectivity index (χ2v) is 10.8. The second-order valence-electron chi connectivity index (χ2n) is 6.42. The zero-order valence-electron chi connectivity index (χ0n) is 16.0. The third-order valence-corrected chi connectivity index (χ3v) is 7.59. The Morgan fingerprint density at radius 2 is 1.97 bits per heavy atom. The number of benzene rings is 1. The molecule has 30 heavy (non-hydrogen) atoms. The van der Waals surface area contributed by atoms with Crippen LogP contribution < -0.4 is 10.3 Å². The molecule has 0 bridgehead atoms. The number of thiophene rings is 1. The first kappa shape index (κ1) is 22.6. The van der Waals surface area contributed by atoms with Gasteiger partial charge in [0.15, 0.2) is 0 Å². The van der Waals surface area contributed by atoms with Gasteiger partial charge in [0.1, 0.15) is 4.32 Å². The van der Waals surface area contributed by atoms with Gasteiger partial charge in [-0.15, -0.1) is 16.2 Å². The topological polar surface area (TPSA) is 95.6 Å². The van der Waals surface area contributed by atoms with Gasteiger partial charge in [0.25, 0.3) is 15.9 Å². The minimum Gasteiger partial charge on any atom is -0.293 e. The number of aryl methyl sites for hydroxylation is 1. The number of hydrogen-bond acceptors (Lipinski definition) is 7. The molecule has 158 valence electrons. The molecule has 1 saturated heterocycles. The Morgan fingerprint density at radius 3 is 2.63 bits per heavy atom. The first-order valence-electron chi connectivity index (χ1n) is 8.92. The van der Waals surface area contributed by atoms with Crippen LogP contribution in [0, 0.1) is 6.92 Å². The summed E-state index contributed by atoms with van der Waals surface area (Å²) in [5, 5.41) is 1.93. The van der Waals surface area contributed by atoms with Crippen molar-refractivity contribution in [1.29, 1.82) is 0 Å². The standard InChI is InChI=1S/C19H19N3O4S4/c1-13-6-8-15(9-7-13)30(25,26)21-20-17(23)5-2-10-22-18(24)16(29-19(22)27)12-14-4-3-11-28-14/h3-4,6-9,11-12,21H,2,5,10H2,1H3,(H,20,23)/b16-12-. The number of carbonyl (C=O) groups is 2. The molecule has 0 spiro atoms. The fourth-order valence-corrected chi connectivity index (χ4v) is 5.45. The summed E-state index contributed by atoms with van der Waals surface area (Å²) in [6, 6.07) is 10.1. The van der Waals surface area contributed by atoms with Crippen LogP contribution in [0.3, 0.4) is 0 Å². The lowest BCUT2D eigenvalue weighted by atomic mass is 10.2. The molecule has 11 heteroatoms. The predicted molar refractivity (Wildman–Crippen MR) is 123 cm³/mol. The number of amides is 2. The van der Waals surface area contributed by atoms with Crippen molar-refractivity contribution in [2.45, 2.75) is 24.7 Å². The summed E-state index contributed by atoms with van der Waals surface area (Å²) in [4.78, 5) is 29.6. The normalized spacial score (nSPS) is 15.8. The lowest BCUT2D eigenvalue weighted by Gasteiger charge is -2.14. The van der Waals surface area contributed by atoms with E-state index in [1.54, 1.807) is 18.2 Å². The molecular formula is C19H19N3O4S4. The average Bonchev–Trinajstić information content (AvgIpc) is 3.30. The molecule has 0 saturated carbocycles. The summed E-state index contributed by atoms with van der Waals surface area (Å²) in [5.74, 6) is -0.677. The van der Waals surface area contributed by atoms with Gasteiger partial charge in [-0.1, -0.05) is 47.7 Å². The van der Waals surface area contributed by atoms with Gasteiger partial charge in [0, 0.05) is 17.8 Å². The van der Waals surface area contributed by atoms with Crippen molar-refractivity contribution in [2.24, 2.45) is 0 Å². The van der Waals surface area contributed by atoms with Crippen molar-refractivity contribution in [3.05, 3.63) is 57.1 Å². The SMILES string of the molecule is Cc1ccc(S(=O)(=O)NNC(=O)CCCN2C(=O)/C(=C/c3cccs3)SC2=S)cc1. The Morgan fingerprint density at radius 1 is 1.23 bits per heavy atom. The molecule has 0 atom stereocenters. The van der Waals surface area contributed by atoms with E-state index in [0.717, 1.165) is 10.4 Å². The van der Waals surface area contributed by atoms with Crippen molar-refractivity contribution in [2.75, 3.05) is 6.54 Å². The molecule has 1 aromatic heterocycles. The van der Waals surface area contributed by atoms with Gasteiger partial charge in [-0.3, -0.25) is 19.9 Å². The van der Waals surface area contributed by atoms with Crippen LogP contribution in [0.1, 0.15) is 23.3 Å². The molecule has 1 aliphatic heterocycles. The second kappa shape index (κ2) is 9.84. The van der Waals surface area contributed by atoms with Gasteiger partial charge in [-0.25, -0.2) is 8.42 Å². The van der Waals surface area contributed by atoms with Crippen molar-refractivity contribution in [3.63, 3.8) is 0 Å². The Hall–Kier alpha value is -2.05. The Balaban J connectivity index is 1.47. The number of rotatable bonds is 8. The zero-order valence-corrected chi connectivity index (χ0v) is 19.2. The van der Waals surface area contributed by atoms with Gasteiger partial charge >= 0.3 is 0 Å². The van der Waals surface area contributed by atoms with E-state index in [2.05, 4.69) is 10.3 Å². The molecule has 1 aliphatic rings. The minimum absolute atomic E-state index is 0.0391. The van der Waals surface area contributed by atoms with Gasteiger partial charge in [0.05, 0.1) is 9.80 Å². The number of nitrogens with zero attached hydrogens (tertiary/aromatic N) is 1. The molecule has 2 N–H and O–H groups in total. The average molecular weight is 482 g/mol. The minimum atomic E-state index is -3.84. The summed E-state index contributed by atoms with van der Waals surface area (Å²) in [7, 11) is -3.84. The molecule has 7 nitrogen and oxygen atoms in total. The van der Waals surface area contributed by atoms with Crippen LogP contribution in [0.4, 0.5) is 0 Å². The molecule has 3 rings (SSSR count). The van der Waals surface area contributed by atoms with E-state index in [1.165, 1.54) is 40.1 Å². The number of sulfonamides is 1. The molecule has 1 fully saturated rings. The molecular weight excluding hydrogens is 462 g/mol. The highest BCUT2D eigenvalue weighted by Gasteiger charge is 2.31. The number of carbonyl (C=O) groups excluding carboxylic acids is 2. The van der Waals surface area contributed by atoms with Crippen molar-refractivity contribution in [3.8, 4) is 0 Å². The Bertz CT molecular complexity index is 1080. The summed E-state index contributed by atoms with van der Waals surface area (Å²) in [6.45, 7) is 2.13. The van der Waals surface area contributed by atoms with Crippen LogP contribution in [0.5, 0.6) is 0 Å². The third-order valence-electron chi connectivity index (χ3n) is 4.13. The van der Waals surface area contributed by atoms with Crippen molar-refractivity contribution < 1.29 is 18.0 Å². The molecule has 2 heterocycles. The van der Waals surface area contributed by atoms with Crippen molar-refractivity contribution in [1.82, 2.24) is 15.2 Å². The monoisotopic (exact) mass is 481 g/mol. The van der Waals surface area contributed by atoms with E-state index in [0.29, 0.717) is 15.6 Å². The van der Waals surface area contributed by atoms with E-state index < -0.39 is 15.9 Å². The van der Waals surface area contributed by atoms with Crippen molar-refractivity contribution >= 4 is 67.6 Å². The summed E-state index contributed by atoms with van der Waals surface area (Å²) in [6.07, 6.45) is 2.19. The zero-order chi connectivity index (χ0) is 21.7. The molecule has 0 unspecified atom stereocenters. The number of nitrogens with one attached hydrogen (secondary N) is 2. The lowest BCUT2D eigenvalue weighted by molar-refractivity contribution is -0.124. The summed E-state index contributed by atoms with van der Waals surface area (Å²) in [5.41, 5.74) is 3.12. The largest absolute Gasteiger partial charge is 0.293 e. The highest BCUT2D eigenvalue weighted by atomic mass is 32.2. The first-order chi connectivity index (χ1) is 14.3. The lowest BCUT2D eigenvalue weighted by Crippen LogP contribution is -2.41. The van der Waals surface area contributed by atoms with Crippen LogP contribution in [-0.4, -0.2) is 36.0 Å². The van der Waals surface area contributed by atoms with Gasteiger partial charge in [0.2, 0.25) is 5.91 Å². The van der Waals surface area contributed by atoms with E-state index in [-0.39, 0.29) is 23.8 Å². The van der Waals surface area contributed by atoms with Crippen LogP contribution in [0.25, 0.3) is 6.08 Å². The molecule has 2 aromatic rings. The summed E-state index contributed by atoms with van der Waals surface area (Å²) >= 11 is 8.04. The maximum absolute atomic E-state index is 12.5. The number of thioether (sulfide) groups is 1. The molecule has 1 aromatic carbocycles. The highest BCUT2D eigenvalue weighted by Crippen LogP contribution is 2.33. The van der Waals surface area contributed by atoms with Crippen LogP contribution in [-0.2, 0) is 19.6 Å². The molecule has 0 aliphatic carbocycles. The third kappa shape index (κ3) is 5.76. The highest BCUT2D eigenvalue weighted by molar-refractivity contribution is 8.26. The first-order valence-corrected chi connectivity index (χ1v) is 12.5. The van der Waals surface area contributed by atoms with Crippen LogP contribution >= 0.6 is 35.3 Å². The van der Waals surface area contributed by atoms with Crippen LogP contribution in [0.15, 0.2) is 51.6 Å².